The molecule has 0 saturated heterocycles. The maximum Gasteiger partial charge on any atom is 0.333 e. The smallest absolute Gasteiger partial charge is 0.333 e. The van der Waals surface area contributed by atoms with Gasteiger partial charge in [0.2, 0.25) is 5.65 Å². The number of nitro groups is 1. The molecule has 21 heavy (non-hydrogen) atoms. The predicted octanol–water partition coefficient (Wildman–Crippen LogP) is 1.08. The molecule has 3 rings (SSSR count). The average molecular weight is 291 g/mol. The molecule has 0 saturated carbocycles. The summed E-state index contributed by atoms with van der Waals surface area (Å²) in [4.78, 5) is 17.1. The zero-order valence-corrected chi connectivity index (χ0v) is 11.9. The first kappa shape index (κ1) is 13.6. The summed E-state index contributed by atoms with van der Waals surface area (Å²) in [6.07, 6.45) is 2.99. The Labute approximate surface area is 120 Å². The van der Waals surface area contributed by atoms with Gasteiger partial charge < -0.3 is 10.3 Å². The van der Waals surface area contributed by atoms with Gasteiger partial charge in [0.25, 0.3) is 0 Å². The van der Waals surface area contributed by atoms with E-state index in [2.05, 4.69) is 34.3 Å². The molecule has 1 unspecified atom stereocenters. The van der Waals surface area contributed by atoms with Crippen LogP contribution in [-0.4, -0.2) is 32.1 Å². The number of hydrogen-bond donors (Lipinski definition) is 2. The Balaban J connectivity index is 2.29. The van der Waals surface area contributed by atoms with Crippen molar-refractivity contribution in [3.8, 4) is 0 Å². The third kappa shape index (κ3) is 1.88. The second-order valence-electron chi connectivity index (χ2n) is 5.13. The minimum atomic E-state index is -0.482. The Hall–Kier alpha value is -2.42. The largest absolute Gasteiger partial charge is 0.353 e. The van der Waals surface area contributed by atoms with Crippen LogP contribution in [0.4, 0.5) is 17.3 Å². The maximum atomic E-state index is 11.1. The molecule has 112 valence electrons. The fourth-order valence-corrected chi connectivity index (χ4v) is 2.76. The number of rotatable bonds is 4. The predicted molar refractivity (Wildman–Crippen MR) is 78.3 cm³/mol. The van der Waals surface area contributed by atoms with Crippen LogP contribution in [0.25, 0.3) is 5.65 Å². The lowest BCUT2D eigenvalue weighted by Crippen LogP contribution is -2.32. The minimum Gasteiger partial charge on any atom is -0.353 e. The highest BCUT2D eigenvalue weighted by atomic mass is 16.6. The topological polar surface area (TPSA) is 115 Å². The molecule has 1 atom stereocenters. The molecular formula is C12H17N7O2. The van der Waals surface area contributed by atoms with E-state index in [0.29, 0.717) is 11.9 Å². The van der Waals surface area contributed by atoms with Crippen LogP contribution < -0.4 is 16.2 Å². The van der Waals surface area contributed by atoms with Gasteiger partial charge in [-0.1, -0.05) is 6.92 Å². The molecule has 0 amide bonds. The number of nitrogen functional groups attached to an aromatic ring is 1. The van der Waals surface area contributed by atoms with Gasteiger partial charge in [-0.2, -0.15) is 9.61 Å². The number of hydrazine groups is 1. The molecule has 9 nitrogen and oxygen atoms in total. The van der Waals surface area contributed by atoms with E-state index in [9.17, 15) is 10.1 Å². The quantitative estimate of drug-likeness (QED) is 0.492. The van der Waals surface area contributed by atoms with Crippen molar-refractivity contribution in [2.24, 2.45) is 5.84 Å². The highest BCUT2D eigenvalue weighted by Gasteiger charge is 2.31. The fourth-order valence-electron chi connectivity index (χ4n) is 2.76. The molecule has 0 bridgehead atoms. The summed E-state index contributed by atoms with van der Waals surface area (Å²) in [5.41, 5.74) is 3.59. The number of hydrogen-bond acceptors (Lipinski definition) is 7. The normalized spacial score (nSPS) is 15.3. The Morgan fingerprint density at radius 1 is 1.62 bits per heavy atom. The third-order valence-corrected chi connectivity index (χ3v) is 4.03. The standard InChI is InChI=1S/C12H17N7O2/c1-3-7(2)17-5-4-8-10(16-13)15-11-9(19(20)21)6-14-18(11)12(8)17/h6-7H,3-5,13H2,1-2H3,(H,15,16). The van der Waals surface area contributed by atoms with E-state index in [4.69, 9.17) is 5.84 Å². The van der Waals surface area contributed by atoms with E-state index < -0.39 is 4.92 Å². The van der Waals surface area contributed by atoms with Crippen molar-refractivity contribution in [2.45, 2.75) is 32.7 Å². The molecule has 0 aromatic carbocycles. The number of fused-ring (bicyclic) bond motifs is 3. The Morgan fingerprint density at radius 3 is 3.00 bits per heavy atom. The van der Waals surface area contributed by atoms with Crippen LogP contribution in [0.5, 0.6) is 0 Å². The van der Waals surface area contributed by atoms with Crippen LogP contribution in [0.3, 0.4) is 0 Å². The molecule has 1 aliphatic rings. The van der Waals surface area contributed by atoms with E-state index >= 15 is 0 Å². The number of nitrogens with two attached hydrogens (primary N) is 1. The minimum absolute atomic E-state index is 0.120. The maximum absolute atomic E-state index is 11.1. The first-order chi connectivity index (χ1) is 10.1. The third-order valence-electron chi connectivity index (χ3n) is 4.03. The van der Waals surface area contributed by atoms with Crippen molar-refractivity contribution in [1.82, 2.24) is 14.6 Å². The van der Waals surface area contributed by atoms with Crippen molar-refractivity contribution in [2.75, 3.05) is 16.9 Å². The number of nitrogens with one attached hydrogen (secondary N) is 1. The fraction of sp³-hybridized carbons (Fsp3) is 0.500. The van der Waals surface area contributed by atoms with E-state index in [-0.39, 0.29) is 11.3 Å². The monoisotopic (exact) mass is 291 g/mol. The molecule has 2 aromatic rings. The van der Waals surface area contributed by atoms with Crippen molar-refractivity contribution < 1.29 is 4.92 Å². The average Bonchev–Trinajstić information content (AvgIpc) is 3.08. The van der Waals surface area contributed by atoms with Gasteiger partial charge in [-0.15, -0.1) is 0 Å². The van der Waals surface area contributed by atoms with Gasteiger partial charge in [-0.25, -0.2) is 10.8 Å². The van der Waals surface area contributed by atoms with Crippen molar-refractivity contribution in [1.29, 1.82) is 0 Å². The second-order valence-corrected chi connectivity index (χ2v) is 5.13. The van der Waals surface area contributed by atoms with E-state index in [1.165, 1.54) is 6.20 Å². The first-order valence-electron chi connectivity index (χ1n) is 6.86. The molecule has 0 spiro atoms. The molecule has 3 N–H and O–H groups in total. The number of nitrogens with zero attached hydrogens (tertiary/aromatic N) is 5. The number of aromatic nitrogens is 3. The number of anilines is 2. The second kappa shape index (κ2) is 4.85. The van der Waals surface area contributed by atoms with Crippen LogP contribution in [0.2, 0.25) is 0 Å². The summed E-state index contributed by atoms with van der Waals surface area (Å²) in [5, 5.41) is 15.3. The Morgan fingerprint density at radius 2 is 2.38 bits per heavy atom. The molecule has 0 fully saturated rings. The zero-order chi connectivity index (χ0) is 15.1. The van der Waals surface area contributed by atoms with Crippen LogP contribution in [0, 0.1) is 10.1 Å². The van der Waals surface area contributed by atoms with Gasteiger partial charge in [-0.3, -0.25) is 10.1 Å². The Bertz CT molecular complexity index is 711. The van der Waals surface area contributed by atoms with Gasteiger partial charge in [0, 0.05) is 18.2 Å². The zero-order valence-electron chi connectivity index (χ0n) is 11.9. The van der Waals surface area contributed by atoms with Gasteiger partial charge in [0.05, 0.1) is 4.92 Å². The highest BCUT2D eigenvalue weighted by Crippen LogP contribution is 2.36. The summed E-state index contributed by atoms with van der Waals surface area (Å²) in [6.45, 7) is 5.05. The molecular weight excluding hydrogens is 274 g/mol. The van der Waals surface area contributed by atoms with Crippen LogP contribution in [-0.2, 0) is 6.42 Å². The van der Waals surface area contributed by atoms with Gasteiger partial charge in [-0.05, 0) is 19.8 Å². The first-order valence-corrected chi connectivity index (χ1v) is 6.86. The lowest BCUT2D eigenvalue weighted by atomic mass is 10.2. The Kier molecular flexibility index (Phi) is 3.13. The van der Waals surface area contributed by atoms with E-state index in [0.717, 1.165) is 30.8 Å². The molecule has 0 aliphatic carbocycles. The summed E-state index contributed by atoms with van der Waals surface area (Å²) < 4.78 is 1.55. The summed E-state index contributed by atoms with van der Waals surface area (Å²) in [7, 11) is 0. The molecule has 3 heterocycles. The van der Waals surface area contributed by atoms with Gasteiger partial charge in [0.15, 0.2) is 0 Å². The van der Waals surface area contributed by atoms with E-state index in [1.807, 2.05) is 0 Å². The van der Waals surface area contributed by atoms with Gasteiger partial charge >= 0.3 is 5.69 Å². The lowest BCUT2D eigenvalue weighted by Gasteiger charge is -2.26. The van der Waals surface area contributed by atoms with Crippen molar-refractivity contribution in [3.63, 3.8) is 0 Å². The summed E-state index contributed by atoms with van der Waals surface area (Å²) >= 11 is 0. The molecule has 0 radical (unpaired) electrons. The summed E-state index contributed by atoms with van der Waals surface area (Å²) in [5.74, 6) is 6.85. The molecule has 1 aliphatic heterocycles. The van der Waals surface area contributed by atoms with Crippen LogP contribution in [0.1, 0.15) is 25.8 Å². The van der Waals surface area contributed by atoms with Crippen LogP contribution >= 0.6 is 0 Å². The SMILES string of the molecule is CCC(C)N1CCc2c(NN)nc3c([N+](=O)[O-])cnn3c21. The van der Waals surface area contributed by atoms with Crippen LogP contribution in [0.15, 0.2) is 6.20 Å². The highest BCUT2D eigenvalue weighted by molar-refractivity contribution is 5.72. The lowest BCUT2D eigenvalue weighted by molar-refractivity contribution is -0.383. The van der Waals surface area contributed by atoms with Gasteiger partial charge in [0.1, 0.15) is 17.8 Å². The van der Waals surface area contributed by atoms with E-state index in [1.54, 1.807) is 4.52 Å². The van der Waals surface area contributed by atoms with Crippen molar-refractivity contribution >= 4 is 23.0 Å². The molecule has 9 heteroatoms. The molecule has 2 aromatic heterocycles. The summed E-state index contributed by atoms with van der Waals surface area (Å²) in [6, 6.07) is 0.311. The van der Waals surface area contributed by atoms with Crippen molar-refractivity contribution in [3.05, 3.63) is 21.9 Å².